The van der Waals surface area contributed by atoms with Crippen molar-refractivity contribution in [2.75, 3.05) is 24.3 Å². The lowest BCUT2D eigenvalue weighted by Gasteiger charge is -2.30. The molecule has 1 amide bonds. The summed E-state index contributed by atoms with van der Waals surface area (Å²) >= 11 is 0. The number of aromatic nitrogens is 3. The van der Waals surface area contributed by atoms with E-state index in [2.05, 4.69) is 15.6 Å². The van der Waals surface area contributed by atoms with Crippen LogP contribution in [-0.2, 0) is 0 Å². The van der Waals surface area contributed by atoms with Gasteiger partial charge in [-0.3, -0.25) is 9.78 Å². The van der Waals surface area contributed by atoms with Crippen molar-refractivity contribution >= 4 is 28.6 Å². The van der Waals surface area contributed by atoms with Gasteiger partial charge in [-0.2, -0.15) is 4.98 Å². The molecule has 7 nitrogen and oxygen atoms in total. The summed E-state index contributed by atoms with van der Waals surface area (Å²) in [6, 6.07) is 13.9. The first-order valence-electron chi connectivity index (χ1n) is 10.0. The van der Waals surface area contributed by atoms with E-state index in [-0.39, 0.29) is 11.9 Å². The van der Waals surface area contributed by atoms with Gasteiger partial charge in [-0.15, -0.1) is 0 Å². The molecule has 2 heterocycles. The highest BCUT2D eigenvalue weighted by atomic mass is 16.1. The van der Waals surface area contributed by atoms with Gasteiger partial charge < -0.3 is 15.5 Å². The second-order valence-electron chi connectivity index (χ2n) is 7.66. The SMILES string of the molecule is CN(C)c1nc(NC2CCC(NC(=O)c3ccccn3)CC2)nc2ccccc12. The molecule has 7 heteroatoms. The average molecular weight is 390 g/mol. The fourth-order valence-corrected chi connectivity index (χ4v) is 3.79. The van der Waals surface area contributed by atoms with E-state index in [0.29, 0.717) is 17.7 Å². The van der Waals surface area contributed by atoms with Crippen molar-refractivity contribution in [1.82, 2.24) is 20.3 Å². The molecule has 0 atom stereocenters. The minimum atomic E-state index is -0.101. The summed E-state index contributed by atoms with van der Waals surface area (Å²) in [6.45, 7) is 0. The fraction of sp³-hybridized carbons (Fsp3) is 0.364. The first-order chi connectivity index (χ1) is 14.1. The highest BCUT2D eigenvalue weighted by molar-refractivity contribution is 5.92. The number of carbonyl (C=O) groups is 1. The van der Waals surface area contributed by atoms with Gasteiger partial charge in [0.15, 0.2) is 0 Å². The van der Waals surface area contributed by atoms with Crippen LogP contribution in [0.1, 0.15) is 36.2 Å². The quantitative estimate of drug-likeness (QED) is 0.696. The Hall–Kier alpha value is -3.22. The number of hydrogen-bond acceptors (Lipinski definition) is 6. The van der Waals surface area contributed by atoms with Gasteiger partial charge in [-0.25, -0.2) is 4.98 Å². The molecule has 2 aromatic heterocycles. The number of nitrogens with zero attached hydrogens (tertiary/aromatic N) is 4. The molecule has 4 rings (SSSR count). The Bertz CT molecular complexity index is 983. The second-order valence-corrected chi connectivity index (χ2v) is 7.66. The third-order valence-electron chi connectivity index (χ3n) is 5.30. The third-order valence-corrected chi connectivity index (χ3v) is 5.30. The van der Waals surface area contributed by atoms with Crippen molar-refractivity contribution in [1.29, 1.82) is 0 Å². The van der Waals surface area contributed by atoms with E-state index in [1.165, 1.54) is 0 Å². The van der Waals surface area contributed by atoms with Crippen LogP contribution in [0.2, 0.25) is 0 Å². The molecule has 0 radical (unpaired) electrons. The lowest BCUT2D eigenvalue weighted by Crippen LogP contribution is -2.40. The van der Waals surface area contributed by atoms with E-state index in [1.54, 1.807) is 12.3 Å². The maximum atomic E-state index is 12.3. The van der Waals surface area contributed by atoms with Gasteiger partial charge >= 0.3 is 0 Å². The molecule has 0 aliphatic heterocycles. The lowest BCUT2D eigenvalue weighted by atomic mass is 9.91. The molecule has 0 saturated heterocycles. The van der Waals surface area contributed by atoms with Crippen molar-refractivity contribution < 1.29 is 4.79 Å². The van der Waals surface area contributed by atoms with Crippen LogP contribution in [0.3, 0.4) is 0 Å². The van der Waals surface area contributed by atoms with Crippen LogP contribution in [0, 0.1) is 0 Å². The van der Waals surface area contributed by atoms with Crippen LogP contribution in [0.5, 0.6) is 0 Å². The number of benzene rings is 1. The number of rotatable bonds is 5. The zero-order valence-corrected chi connectivity index (χ0v) is 16.8. The molecule has 2 N–H and O–H groups in total. The predicted molar refractivity (Wildman–Crippen MR) is 115 cm³/mol. The molecule has 1 saturated carbocycles. The van der Waals surface area contributed by atoms with Gasteiger partial charge in [0.25, 0.3) is 5.91 Å². The standard InChI is InChI=1S/C22H26N6O/c1-28(2)20-17-7-3-4-8-18(17)26-22(27-20)25-16-12-10-15(11-13-16)24-21(29)19-9-5-6-14-23-19/h3-9,14-16H,10-13H2,1-2H3,(H,24,29)(H,25,26,27). The van der Waals surface area contributed by atoms with Gasteiger partial charge in [0.2, 0.25) is 5.95 Å². The van der Waals surface area contributed by atoms with Gasteiger partial charge in [-0.1, -0.05) is 18.2 Å². The minimum Gasteiger partial charge on any atom is -0.362 e. The normalized spacial score (nSPS) is 19.0. The van der Waals surface area contributed by atoms with E-state index in [4.69, 9.17) is 9.97 Å². The Balaban J connectivity index is 1.38. The smallest absolute Gasteiger partial charge is 0.270 e. The van der Waals surface area contributed by atoms with Gasteiger partial charge in [0.05, 0.1) is 5.52 Å². The molecule has 0 spiro atoms. The molecule has 3 aromatic rings. The largest absolute Gasteiger partial charge is 0.362 e. The number of anilines is 2. The Kier molecular flexibility index (Phi) is 5.55. The summed E-state index contributed by atoms with van der Waals surface area (Å²) in [5.41, 5.74) is 1.40. The Morgan fingerprint density at radius 1 is 0.966 bits per heavy atom. The van der Waals surface area contributed by atoms with Crippen molar-refractivity contribution in [3.8, 4) is 0 Å². The number of amides is 1. The second kappa shape index (κ2) is 8.43. The Labute approximate surface area is 170 Å². The van der Waals surface area contributed by atoms with Gasteiger partial charge in [0, 0.05) is 37.8 Å². The summed E-state index contributed by atoms with van der Waals surface area (Å²) < 4.78 is 0. The third kappa shape index (κ3) is 4.45. The molecule has 150 valence electrons. The van der Waals surface area contributed by atoms with Crippen molar-refractivity contribution in [2.24, 2.45) is 0 Å². The number of fused-ring (bicyclic) bond motifs is 1. The van der Waals surface area contributed by atoms with Crippen LogP contribution in [-0.4, -0.2) is 47.0 Å². The monoisotopic (exact) mass is 390 g/mol. The van der Waals surface area contributed by atoms with Crippen molar-refractivity contribution in [2.45, 2.75) is 37.8 Å². The van der Waals surface area contributed by atoms with E-state index >= 15 is 0 Å². The topological polar surface area (TPSA) is 83.0 Å². The van der Waals surface area contributed by atoms with Crippen molar-refractivity contribution in [3.63, 3.8) is 0 Å². The fourth-order valence-electron chi connectivity index (χ4n) is 3.79. The maximum Gasteiger partial charge on any atom is 0.270 e. The number of para-hydroxylation sites is 1. The van der Waals surface area contributed by atoms with Crippen LogP contribution in [0.15, 0.2) is 48.7 Å². The first-order valence-corrected chi connectivity index (χ1v) is 10.0. The lowest BCUT2D eigenvalue weighted by molar-refractivity contribution is 0.0921. The molecule has 1 aliphatic rings. The highest BCUT2D eigenvalue weighted by Crippen LogP contribution is 2.26. The first kappa shape index (κ1) is 19.1. The Morgan fingerprint density at radius 3 is 2.41 bits per heavy atom. The van der Waals surface area contributed by atoms with E-state index < -0.39 is 0 Å². The molecular weight excluding hydrogens is 364 g/mol. The van der Waals surface area contributed by atoms with Gasteiger partial charge in [0.1, 0.15) is 11.5 Å². The number of carbonyl (C=O) groups excluding carboxylic acids is 1. The summed E-state index contributed by atoms with van der Waals surface area (Å²) in [4.78, 5) is 27.8. The summed E-state index contributed by atoms with van der Waals surface area (Å²) in [5.74, 6) is 1.47. The summed E-state index contributed by atoms with van der Waals surface area (Å²) in [6.07, 6.45) is 5.40. The molecule has 0 bridgehead atoms. The van der Waals surface area contributed by atoms with Gasteiger partial charge in [-0.05, 0) is 49.9 Å². The molecule has 1 fully saturated rings. The van der Waals surface area contributed by atoms with E-state index in [0.717, 1.165) is 42.4 Å². The molecule has 1 aromatic carbocycles. The summed E-state index contributed by atoms with van der Waals surface area (Å²) in [5, 5.41) is 7.65. The number of pyridine rings is 1. The van der Waals surface area contributed by atoms with Crippen LogP contribution < -0.4 is 15.5 Å². The molecule has 29 heavy (non-hydrogen) atoms. The number of nitrogens with one attached hydrogen (secondary N) is 2. The predicted octanol–water partition coefficient (Wildman–Crippen LogP) is 3.24. The van der Waals surface area contributed by atoms with Crippen LogP contribution >= 0.6 is 0 Å². The van der Waals surface area contributed by atoms with E-state index in [9.17, 15) is 4.79 Å². The number of hydrogen-bond donors (Lipinski definition) is 2. The zero-order valence-electron chi connectivity index (χ0n) is 16.8. The molecule has 1 aliphatic carbocycles. The molecular formula is C22H26N6O. The maximum absolute atomic E-state index is 12.3. The zero-order chi connectivity index (χ0) is 20.2. The van der Waals surface area contributed by atoms with Crippen LogP contribution in [0.25, 0.3) is 10.9 Å². The molecule has 0 unspecified atom stereocenters. The van der Waals surface area contributed by atoms with Crippen molar-refractivity contribution in [3.05, 3.63) is 54.4 Å². The Morgan fingerprint density at radius 2 is 1.69 bits per heavy atom. The summed E-state index contributed by atoms with van der Waals surface area (Å²) in [7, 11) is 3.99. The highest BCUT2D eigenvalue weighted by Gasteiger charge is 2.24. The van der Waals surface area contributed by atoms with Crippen LogP contribution in [0.4, 0.5) is 11.8 Å². The average Bonchev–Trinajstić information content (AvgIpc) is 2.75. The minimum absolute atomic E-state index is 0.101. The van der Waals surface area contributed by atoms with E-state index in [1.807, 2.05) is 55.4 Å².